The van der Waals surface area contributed by atoms with Gasteiger partial charge >= 0.3 is 6.18 Å². The molecule has 15 heteroatoms. The number of nitrogens with two attached hydrogens (primary N) is 1. The van der Waals surface area contributed by atoms with Gasteiger partial charge in [-0.25, -0.2) is 17.8 Å². The minimum atomic E-state index is -4.68. The van der Waals surface area contributed by atoms with E-state index in [2.05, 4.69) is 15.3 Å². The van der Waals surface area contributed by atoms with E-state index in [0.29, 0.717) is 23.4 Å². The summed E-state index contributed by atoms with van der Waals surface area (Å²) >= 11 is 6.72. The van der Waals surface area contributed by atoms with Gasteiger partial charge in [0.25, 0.3) is 0 Å². The molecule has 0 spiro atoms. The summed E-state index contributed by atoms with van der Waals surface area (Å²) in [6, 6.07) is 8.43. The number of alkyl halides is 3. The van der Waals surface area contributed by atoms with Crippen LogP contribution in [0.5, 0.6) is 0 Å². The number of aromatic nitrogens is 1. The van der Waals surface area contributed by atoms with Crippen molar-refractivity contribution < 1.29 is 30.8 Å². The molecular formula is C28H28ClF4N5O3S2. The first kappa shape index (κ1) is 31.5. The Bertz CT molecular complexity index is 1630. The van der Waals surface area contributed by atoms with E-state index >= 15 is 4.39 Å². The SMILES string of the molecule is N[C@H](C(=O)Nc1cccc(F)c1CCC1CN=C2CCCS(=O)(=O)N1C2)[C@@H](c1ccc(Cl)cc1)c1nc(C(F)(F)F)cs1. The van der Waals surface area contributed by atoms with Crippen molar-refractivity contribution in [2.45, 2.75) is 49.9 Å². The summed E-state index contributed by atoms with van der Waals surface area (Å²) in [4.78, 5) is 21.7. The van der Waals surface area contributed by atoms with Crippen LogP contribution >= 0.6 is 22.9 Å². The lowest BCUT2D eigenvalue weighted by Crippen LogP contribution is -2.47. The van der Waals surface area contributed by atoms with Crippen LogP contribution in [0.4, 0.5) is 23.2 Å². The van der Waals surface area contributed by atoms with Crippen LogP contribution in [0.15, 0.2) is 52.8 Å². The third-order valence-corrected chi connectivity index (χ3v) is 10.7. The number of nitrogens with zero attached hydrogens (tertiary/aromatic N) is 3. The Hall–Kier alpha value is -2.91. The van der Waals surface area contributed by atoms with Gasteiger partial charge in [0.2, 0.25) is 15.9 Å². The van der Waals surface area contributed by atoms with Gasteiger partial charge in [0.1, 0.15) is 10.8 Å². The average molecular weight is 658 g/mol. The molecule has 0 aliphatic carbocycles. The van der Waals surface area contributed by atoms with Gasteiger partial charge in [-0.05, 0) is 55.5 Å². The average Bonchev–Trinajstić information content (AvgIpc) is 3.41. The van der Waals surface area contributed by atoms with Gasteiger partial charge < -0.3 is 11.1 Å². The Balaban J connectivity index is 1.38. The number of halogens is 5. The predicted octanol–water partition coefficient (Wildman–Crippen LogP) is 5.23. The number of sulfonamides is 1. The Morgan fingerprint density at radius 1 is 1.21 bits per heavy atom. The van der Waals surface area contributed by atoms with E-state index in [0.717, 1.165) is 22.4 Å². The monoisotopic (exact) mass is 657 g/mol. The summed E-state index contributed by atoms with van der Waals surface area (Å²) in [7, 11) is -3.48. The maximum absolute atomic E-state index is 15.1. The van der Waals surface area contributed by atoms with Crippen LogP contribution in [0.1, 0.15) is 47.0 Å². The zero-order valence-corrected chi connectivity index (χ0v) is 25.0. The summed E-state index contributed by atoms with van der Waals surface area (Å²) in [6.45, 7) is 0.494. The van der Waals surface area contributed by atoms with E-state index in [4.69, 9.17) is 17.3 Å². The Labute approximate surface area is 255 Å². The molecule has 1 fully saturated rings. The van der Waals surface area contributed by atoms with Crippen molar-refractivity contribution >= 4 is 50.3 Å². The largest absolute Gasteiger partial charge is 0.434 e. The molecule has 8 nitrogen and oxygen atoms in total. The third-order valence-electron chi connectivity index (χ3n) is 7.57. The molecule has 0 radical (unpaired) electrons. The molecule has 2 aliphatic heterocycles. The molecule has 0 saturated carbocycles. The number of amides is 1. The number of nitrogens with one attached hydrogen (secondary N) is 1. The summed E-state index contributed by atoms with van der Waals surface area (Å²) in [5.74, 6) is -2.40. The minimum Gasteiger partial charge on any atom is -0.324 e. The highest BCUT2D eigenvalue weighted by Gasteiger charge is 2.38. The molecule has 2 bridgehead atoms. The van der Waals surface area contributed by atoms with E-state index < -0.39 is 51.6 Å². The zero-order chi connectivity index (χ0) is 30.9. The van der Waals surface area contributed by atoms with Gasteiger partial charge in [0.15, 0.2) is 5.69 Å². The lowest BCUT2D eigenvalue weighted by molar-refractivity contribution is -0.140. The van der Waals surface area contributed by atoms with Crippen LogP contribution in [0.25, 0.3) is 0 Å². The van der Waals surface area contributed by atoms with Crippen LogP contribution < -0.4 is 11.1 Å². The van der Waals surface area contributed by atoms with Gasteiger partial charge in [0.05, 0.1) is 30.8 Å². The van der Waals surface area contributed by atoms with E-state index in [1.54, 1.807) is 12.1 Å². The molecule has 5 rings (SSSR count). The summed E-state index contributed by atoms with van der Waals surface area (Å²) in [5, 5.41) is 3.86. The zero-order valence-electron chi connectivity index (χ0n) is 22.7. The second kappa shape index (κ2) is 12.6. The second-order valence-corrected chi connectivity index (χ2v) is 13.8. The Morgan fingerprint density at radius 3 is 2.65 bits per heavy atom. The van der Waals surface area contributed by atoms with Crippen molar-refractivity contribution in [3.05, 3.63) is 80.5 Å². The van der Waals surface area contributed by atoms with Gasteiger partial charge in [0, 0.05) is 33.4 Å². The standard InChI is InChI=1S/C28H28ClF4N5O3S2/c29-17-8-6-16(7-9-17)24(27-37-23(15-42-27)28(31,32)33)25(34)26(39)36-22-5-1-4-21(30)20(22)11-10-19-13-35-18-3-2-12-43(40,41)38(19)14-18/h1,4-9,15,19,24-25H,2-3,10-14,34H2,(H,36,39)/t19?,24-,25+/m1/s1. The van der Waals surface area contributed by atoms with Crippen LogP contribution in [0, 0.1) is 5.82 Å². The van der Waals surface area contributed by atoms with E-state index in [1.165, 1.54) is 34.6 Å². The highest BCUT2D eigenvalue weighted by Crippen LogP contribution is 2.36. The molecule has 1 amide bonds. The van der Waals surface area contributed by atoms with Crippen LogP contribution in [-0.2, 0) is 27.4 Å². The molecule has 2 aliphatic rings. The van der Waals surface area contributed by atoms with Gasteiger partial charge in [-0.1, -0.05) is 29.8 Å². The molecule has 230 valence electrons. The Morgan fingerprint density at radius 2 is 1.95 bits per heavy atom. The maximum Gasteiger partial charge on any atom is 0.434 e. The molecule has 43 heavy (non-hydrogen) atoms. The summed E-state index contributed by atoms with van der Waals surface area (Å²) in [6.07, 6.45) is -3.19. The predicted molar refractivity (Wildman–Crippen MR) is 158 cm³/mol. The number of thiazole rings is 1. The molecule has 1 aromatic heterocycles. The molecule has 4 atom stereocenters. The van der Waals surface area contributed by atoms with E-state index in [-0.39, 0.29) is 47.9 Å². The summed E-state index contributed by atoms with van der Waals surface area (Å²) < 4.78 is 82.1. The molecule has 3 aromatic rings. The van der Waals surface area contributed by atoms with Crippen molar-refractivity contribution in [3.63, 3.8) is 0 Å². The first-order valence-corrected chi connectivity index (χ1v) is 16.3. The molecule has 2 unspecified atom stereocenters. The van der Waals surface area contributed by atoms with Gasteiger partial charge in [-0.15, -0.1) is 11.3 Å². The maximum atomic E-state index is 15.1. The molecule has 3 heterocycles. The molecule has 2 aromatic carbocycles. The quantitative estimate of drug-likeness (QED) is 0.322. The fourth-order valence-electron chi connectivity index (χ4n) is 5.32. The molecule has 3 N–H and O–H groups in total. The number of hydrogen-bond acceptors (Lipinski definition) is 7. The first-order valence-electron chi connectivity index (χ1n) is 13.5. The van der Waals surface area contributed by atoms with Crippen molar-refractivity contribution in [1.29, 1.82) is 0 Å². The fraction of sp³-hybridized carbons (Fsp3) is 0.393. The second-order valence-electron chi connectivity index (χ2n) is 10.4. The smallest absolute Gasteiger partial charge is 0.324 e. The van der Waals surface area contributed by atoms with Crippen molar-refractivity contribution in [2.24, 2.45) is 10.7 Å². The number of rotatable bonds is 8. The van der Waals surface area contributed by atoms with Crippen molar-refractivity contribution in [2.75, 3.05) is 24.2 Å². The topological polar surface area (TPSA) is 118 Å². The highest BCUT2D eigenvalue weighted by molar-refractivity contribution is 7.89. The number of carbonyl (C=O) groups is 1. The fourth-order valence-corrected chi connectivity index (χ4v) is 8.16. The summed E-state index contributed by atoms with van der Waals surface area (Å²) in [5.41, 5.74) is 6.81. The Kier molecular flexibility index (Phi) is 9.23. The van der Waals surface area contributed by atoms with Gasteiger partial charge in [-0.3, -0.25) is 9.79 Å². The first-order chi connectivity index (χ1) is 20.3. The van der Waals surface area contributed by atoms with Crippen LogP contribution in [0.3, 0.4) is 0 Å². The van der Waals surface area contributed by atoms with E-state index in [1.807, 2.05) is 0 Å². The molecular weight excluding hydrogens is 630 g/mol. The molecule has 1 saturated heterocycles. The number of hydrogen-bond donors (Lipinski definition) is 2. The van der Waals surface area contributed by atoms with E-state index in [9.17, 15) is 26.4 Å². The lowest BCUT2D eigenvalue weighted by Gasteiger charge is -2.32. The number of aliphatic imine (C=N–C) groups is 1. The van der Waals surface area contributed by atoms with Gasteiger partial charge in [-0.2, -0.15) is 17.5 Å². The normalized spacial score (nSPS) is 21.4. The number of carbonyl (C=O) groups excluding carboxylic acids is 1. The number of benzene rings is 2. The van der Waals surface area contributed by atoms with Crippen molar-refractivity contribution in [1.82, 2.24) is 9.29 Å². The number of anilines is 1. The minimum absolute atomic E-state index is 0.0207. The van der Waals surface area contributed by atoms with Crippen LogP contribution in [0.2, 0.25) is 5.02 Å². The lowest BCUT2D eigenvalue weighted by atomic mass is 9.91. The van der Waals surface area contributed by atoms with Crippen LogP contribution in [-0.4, -0.2) is 60.3 Å². The third kappa shape index (κ3) is 7.09. The highest BCUT2D eigenvalue weighted by atomic mass is 35.5. The van der Waals surface area contributed by atoms with Crippen molar-refractivity contribution in [3.8, 4) is 0 Å². The number of fused-ring (bicyclic) bond motifs is 2.